The van der Waals surface area contributed by atoms with Crippen molar-refractivity contribution in [2.24, 2.45) is 0 Å². The van der Waals surface area contributed by atoms with Crippen LogP contribution in [0.3, 0.4) is 0 Å². The Bertz CT molecular complexity index is 1020. The first-order valence-corrected chi connectivity index (χ1v) is 11.9. The zero-order chi connectivity index (χ0) is 21.6. The van der Waals surface area contributed by atoms with E-state index in [4.69, 9.17) is 11.6 Å². The third-order valence-electron chi connectivity index (χ3n) is 5.47. The van der Waals surface area contributed by atoms with Gasteiger partial charge in [-0.2, -0.15) is 0 Å². The normalized spacial score (nSPS) is 14.7. The van der Waals surface area contributed by atoms with E-state index in [0.717, 1.165) is 49.8 Å². The quantitative estimate of drug-likeness (QED) is 0.507. The standard InChI is InChI=1S/C23H26ClN5OS/c1-2-27-11-13-28(14-12-27)22(30)17-31-23-26-25-21(15-18-7-4-3-5-8-18)29(23)20-10-6-9-19(24)16-20/h3-10,16H,2,11-15,17H2,1H3. The molecule has 8 heteroatoms. The van der Waals surface area contributed by atoms with E-state index in [1.165, 1.54) is 11.8 Å². The molecule has 1 fully saturated rings. The van der Waals surface area contributed by atoms with Gasteiger partial charge in [0.1, 0.15) is 5.82 Å². The number of hydrogen-bond donors (Lipinski definition) is 0. The van der Waals surface area contributed by atoms with Gasteiger partial charge in [-0.1, -0.05) is 66.7 Å². The number of hydrogen-bond acceptors (Lipinski definition) is 5. The van der Waals surface area contributed by atoms with Gasteiger partial charge in [-0.3, -0.25) is 9.36 Å². The first-order chi connectivity index (χ1) is 15.1. The minimum atomic E-state index is 0.144. The second-order valence-electron chi connectivity index (χ2n) is 7.48. The highest BCUT2D eigenvalue weighted by atomic mass is 35.5. The molecule has 0 N–H and O–H groups in total. The van der Waals surface area contributed by atoms with E-state index in [1.54, 1.807) is 0 Å². The Kier molecular flexibility index (Phi) is 7.27. The number of rotatable bonds is 7. The molecule has 0 saturated carbocycles. The monoisotopic (exact) mass is 455 g/mol. The Morgan fingerprint density at radius 3 is 2.52 bits per heavy atom. The van der Waals surface area contributed by atoms with Gasteiger partial charge in [0.15, 0.2) is 5.16 Å². The Morgan fingerprint density at radius 2 is 1.81 bits per heavy atom. The van der Waals surface area contributed by atoms with E-state index in [9.17, 15) is 4.79 Å². The van der Waals surface area contributed by atoms with Gasteiger partial charge in [0.2, 0.25) is 5.91 Å². The predicted molar refractivity (Wildman–Crippen MR) is 125 cm³/mol. The summed E-state index contributed by atoms with van der Waals surface area (Å²) in [5, 5.41) is 10.2. The fourth-order valence-electron chi connectivity index (χ4n) is 3.69. The second kappa shape index (κ2) is 10.3. The summed E-state index contributed by atoms with van der Waals surface area (Å²) in [6.45, 7) is 6.63. The number of amides is 1. The Balaban J connectivity index is 1.52. The van der Waals surface area contributed by atoms with Crippen LogP contribution >= 0.6 is 23.4 Å². The van der Waals surface area contributed by atoms with Crippen molar-refractivity contribution < 1.29 is 4.79 Å². The molecule has 1 aliphatic heterocycles. The van der Waals surface area contributed by atoms with Gasteiger partial charge in [0.25, 0.3) is 0 Å². The van der Waals surface area contributed by atoms with Crippen molar-refractivity contribution in [1.29, 1.82) is 0 Å². The Morgan fingerprint density at radius 1 is 1.03 bits per heavy atom. The van der Waals surface area contributed by atoms with Crippen LogP contribution in [0.4, 0.5) is 0 Å². The molecule has 0 spiro atoms. The van der Waals surface area contributed by atoms with Gasteiger partial charge in [-0.15, -0.1) is 10.2 Å². The van der Waals surface area contributed by atoms with Crippen LogP contribution in [0.2, 0.25) is 5.02 Å². The lowest BCUT2D eigenvalue weighted by atomic mass is 10.1. The second-order valence-corrected chi connectivity index (χ2v) is 8.86. The van der Waals surface area contributed by atoms with Crippen LogP contribution in [0.5, 0.6) is 0 Å². The van der Waals surface area contributed by atoms with Crippen molar-refractivity contribution in [3.63, 3.8) is 0 Å². The number of aromatic nitrogens is 3. The zero-order valence-corrected chi connectivity index (χ0v) is 19.1. The number of carbonyl (C=O) groups excluding carboxylic acids is 1. The van der Waals surface area contributed by atoms with Gasteiger partial charge < -0.3 is 9.80 Å². The molecule has 6 nitrogen and oxygen atoms in total. The largest absolute Gasteiger partial charge is 0.339 e. The van der Waals surface area contributed by atoms with E-state index < -0.39 is 0 Å². The van der Waals surface area contributed by atoms with Gasteiger partial charge in [0, 0.05) is 37.6 Å². The van der Waals surface area contributed by atoms with Crippen LogP contribution in [0, 0.1) is 0 Å². The Hall–Kier alpha value is -2.35. The molecule has 0 aliphatic carbocycles. The third kappa shape index (κ3) is 5.47. The molecule has 0 unspecified atom stereocenters. The van der Waals surface area contributed by atoms with E-state index in [2.05, 4.69) is 34.2 Å². The minimum Gasteiger partial charge on any atom is -0.339 e. The summed E-state index contributed by atoms with van der Waals surface area (Å²) in [5.41, 5.74) is 2.05. The molecule has 4 rings (SSSR count). The fourth-order valence-corrected chi connectivity index (χ4v) is 4.75. The lowest BCUT2D eigenvalue weighted by Gasteiger charge is -2.34. The SMILES string of the molecule is CCN1CCN(C(=O)CSc2nnc(Cc3ccccc3)n2-c2cccc(Cl)c2)CC1. The number of benzene rings is 2. The summed E-state index contributed by atoms with van der Waals surface area (Å²) in [6.07, 6.45) is 0.647. The van der Waals surface area contributed by atoms with Crippen LogP contribution < -0.4 is 0 Å². The molecule has 31 heavy (non-hydrogen) atoms. The van der Waals surface area contributed by atoms with Crippen molar-refractivity contribution >= 4 is 29.3 Å². The van der Waals surface area contributed by atoms with Crippen LogP contribution in [0.25, 0.3) is 5.69 Å². The molecule has 1 saturated heterocycles. The summed E-state index contributed by atoms with van der Waals surface area (Å²) < 4.78 is 2.01. The van der Waals surface area contributed by atoms with Crippen LogP contribution in [-0.4, -0.2) is 68.9 Å². The van der Waals surface area contributed by atoms with E-state index >= 15 is 0 Å². The number of halogens is 1. The molecule has 162 valence electrons. The summed E-state index contributed by atoms with van der Waals surface area (Å²) >= 11 is 7.68. The number of thioether (sulfide) groups is 1. The average Bonchev–Trinajstić information content (AvgIpc) is 3.20. The molecular formula is C23H26ClN5OS. The van der Waals surface area contributed by atoms with Crippen molar-refractivity contribution in [3.05, 3.63) is 71.0 Å². The van der Waals surface area contributed by atoms with E-state index in [1.807, 2.05) is 51.9 Å². The molecule has 0 radical (unpaired) electrons. The lowest BCUT2D eigenvalue weighted by Crippen LogP contribution is -2.49. The molecule has 1 aliphatic rings. The summed E-state index contributed by atoms with van der Waals surface area (Å²) in [5.74, 6) is 1.31. The van der Waals surface area contributed by atoms with Gasteiger partial charge >= 0.3 is 0 Å². The topological polar surface area (TPSA) is 54.3 Å². The third-order valence-corrected chi connectivity index (χ3v) is 6.62. The zero-order valence-electron chi connectivity index (χ0n) is 17.6. The highest BCUT2D eigenvalue weighted by Crippen LogP contribution is 2.25. The molecule has 1 aromatic heterocycles. The smallest absolute Gasteiger partial charge is 0.233 e. The molecular weight excluding hydrogens is 430 g/mol. The molecule has 1 amide bonds. The Labute approximate surface area is 192 Å². The highest BCUT2D eigenvalue weighted by Gasteiger charge is 2.22. The number of piperazine rings is 1. The van der Waals surface area contributed by atoms with Gasteiger partial charge in [0.05, 0.1) is 11.4 Å². The molecule has 0 atom stereocenters. The van der Waals surface area contributed by atoms with Crippen molar-refractivity contribution in [2.75, 3.05) is 38.5 Å². The highest BCUT2D eigenvalue weighted by molar-refractivity contribution is 7.99. The van der Waals surface area contributed by atoms with Crippen LogP contribution in [0.1, 0.15) is 18.3 Å². The maximum atomic E-state index is 12.8. The van der Waals surface area contributed by atoms with Crippen molar-refractivity contribution in [1.82, 2.24) is 24.6 Å². The first kappa shape index (κ1) is 21.9. The van der Waals surface area contributed by atoms with Crippen molar-refractivity contribution in [2.45, 2.75) is 18.5 Å². The maximum Gasteiger partial charge on any atom is 0.233 e. The first-order valence-electron chi connectivity index (χ1n) is 10.5. The molecule has 3 aromatic rings. The van der Waals surface area contributed by atoms with Gasteiger partial charge in [-0.05, 0) is 30.3 Å². The predicted octanol–water partition coefficient (Wildman–Crippen LogP) is 3.77. The number of carbonyl (C=O) groups is 1. The summed E-state index contributed by atoms with van der Waals surface area (Å²) in [6, 6.07) is 17.8. The molecule has 0 bridgehead atoms. The average molecular weight is 456 g/mol. The number of likely N-dealkylation sites (N-methyl/N-ethyl adjacent to an activating group) is 1. The summed E-state index contributed by atoms with van der Waals surface area (Å²) in [7, 11) is 0. The van der Waals surface area contributed by atoms with Gasteiger partial charge in [-0.25, -0.2) is 0 Å². The molecule has 2 heterocycles. The number of nitrogens with zero attached hydrogens (tertiary/aromatic N) is 5. The molecule has 2 aromatic carbocycles. The lowest BCUT2D eigenvalue weighted by molar-refractivity contribution is -0.130. The minimum absolute atomic E-state index is 0.144. The maximum absolute atomic E-state index is 12.8. The van der Waals surface area contributed by atoms with E-state index in [-0.39, 0.29) is 5.91 Å². The fraction of sp³-hybridized carbons (Fsp3) is 0.348. The van der Waals surface area contributed by atoms with Crippen LogP contribution in [-0.2, 0) is 11.2 Å². The summed E-state index contributed by atoms with van der Waals surface area (Å²) in [4.78, 5) is 17.1. The van der Waals surface area contributed by atoms with E-state index in [0.29, 0.717) is 22.4 Å². The van der Waals surface area contributed by atoms with Crippen LogP contribution in [0.15, 0.2) is 59.8 Å². The van der Waals surface area contributed by atoms with Crippen molar-refractivity contribution in [3.8, 4) is 5.69 Å².